The van der Waals surface area contributed by atoms with E-state index in [2.05, 4.69) is 22.9 Å². The van der Waals surface area contributed by atoms with Crippen molar-refractivity contribution in [1.82, 2.24) is 0 Å². The number of hydrogen-bond acceptors (Lipinski definition) is 3. The molecule has 96 valence electrons. The van der Waals surface area contributed by atoms with Gasteiger partial charge in [-0.25, -0.2) is 0 Å². The van der Waals surface area contributed by atoms with E-state index in [1.165, 1.54) is 0 Å². The van der Waals surface area contributed by atoms with E-state index in [4.69, 9.17) is 9.05 Å². The summed E-state index contributed by atoms with van der Waals surface area (Å²) in [6.45, 7) is 8.48. The van der Waals surface area contributed by atoms with Crippen molar-refractivity contribution in [3.8, 4) is 0 Å². The summed E-state index contributed by atoms with van der Waals surface area (Å²) in [5.74, 6) is 0. The Labute approximate surface area is 107 Å². The van der Waals surface area contributed by atoms with Crippen LogP contribution in [-0.2, 0) is 13.6 Å². The van der Waals surface area contributed by atoms with Gasteiger partial charge in [-0.3, -0.25) is 4.57 Å². The molecule has 0 aromatic carbocycles. The maximum atomic E-state index is 12.4. The predicted octanol–water partition coefficient (Wildman–Crippen LogP) is 5.07. The van der Waals surface area contributed by atoms with Crippen LogP contribution in [0.4, 0.5) is 0 Å². The van der Waals surface area contributed by atoms with Gasteiger partial charge in [0.05, 0.1) is 13.2 Å². The average molecular weight is 313 g/mol. The zero-order valence-corrected chi connectivity index (χ0v) is 13.1. The highest BCUT2D eigenvalue weighted by molar-refractivity contribution is 9.13. The standard InChI is InChI=1S/C11H22BrO3P/c1-5-8-9-10(4)11(12)16(13,14-6-2)15-7-3/h5-9H2,1-4H3/b11-10-. The summed E-state index contributed by atoms with van der Waals surface area (Å²) in [5.41, 5.74) is 1.05. The van der Waals surface area contributed by atoms with Gasteiger partial charge in [0.2, 0.25) is 0 Å². The lowest BCUT2D eigenvalue weighted by atomic mass is 10.2. The van der Waals surface area contributed by atoms with E-state index in [0.717, 1.165) is 24.8 Å². The van der Waals surface area contributed by atoms with E-state index in [1.54, 1.807) is 0 Å². The van der Waals surface area contributed by atoms with Crippen molar-refractivity contribution in [2.24, 2.45) is 0 Å². The minimum absolute atomic E-state index is 0.382. The lowest BCUT2D eigenvalue weighted by Gasteiger charge is -2.18. The first-order valence-electron chi connectivity index (χ1n) is 5.76. The molecule has 0 N–H and O–H groups in total. The van der Waals surface area contributed by atoms with Gasteiger partial charge in [-0.1, -0.05) is 18.9 Å². The number of rotatable bonds is 8. The van der Waals surface area contributed by atoms with Crippen LogP contribution in [-0.4, -0.2) is 13.2 Å². The molecule has 5 heteroatoms. The third-order valence-corrected chi connectivity index (χ3v) is 6.13. The summed E-state index contributed by atoms with van der Waals surface area (Å²) in [6, 6.07) is 0. The Morgan fingerprint density at radius 3 is 2.06 bits per heavy atom. The van der Waals surface area contributed by atoms with Gasteiger partial charge in [0, 0.05) is 0 Å². The van der Waals surface area contributed by atoms with Crippen molar-refractivity contribution in [3.63, 3.8) is 0 Å². The molecule has 0 aromatic rings. The Morgan fingerprint density at radius 2 is 1.69 bits per heavy atom. The van der Waals surface area contributed by atoms with E-state index in [0.29, 0.717) is 17.4 Å². The van der Waals surface area contributed by atoms with Crippen LogP contribution in [0.2, 0.25) is 0 Å². The van der Waals surface area contributed by atoms with Gasteiger partial charge in [-0.2, -0.15) is 0 Å². The van der Waals surface area contributed by atoms with Crippen LogP contribution in [0.1, 0.15) is 47.0 Å². The molecule has 0 rings (SSSR count). The highest BCUT2D eigenvalue weighted by atomic mass is 79.9. The summed E-state index contributed by atoms with van der Waals surface area (Å²) in [6.07, 6.45) is 3.12. The lowest BCUT2D eigenvalue weighted by Crippen LogP contribution is -1.97. The lowest BCUT2D eigenvalue weighted by molar-refractivity contribution is 0.228. The normalized spacial score (nSPS) is 13.8. The molecule has 0 saturated heterocycles. The van der Waals surface area contributed by atoms with Gasteiger partial charge < -0.3 is 9.05 Å². The summed E-state index contributed by atoms with van der Waals surface area (Å²) in [4.78, 5) is 0. The van der Waals surface area contributed by atoms with E-state index in [-0.39, 0.29) is 0 Å². The summed E-state index contributed by atoms with van der Waals surface area (Å²) in [5, 5.41) is 0. The van der Waals surface area contributed by atoms with Crippen LogP contribution >= 0.6 is 23.5 Å². The van der Waals surface area contributed by atoms with Gasteiger partial charge in [0.1, 0.15) is 4.22 Å². The van der Waals surface area contributed by atoms with Crippen LogP contribution in [0, 0.1) is 0 Å². The number of allylic oxidation sites excluding steroid dienone is 1. The Kier molecular flexibility index (Phi) is 8.65. The largest absolute Gasteiger partial charge is 0.368 e. The molecule has 0 aromatic heterocycles. The fourth-order valence-electron chi connectivity index (χ4n) is 1.27. The first-order valence-corrected chi connectivity index (χ1v) is 8.10. The van der Waals surface area contributed by atoms with Crippen molar-refractivity contribution in [2.75, 3.05) is 13.2 Å². The van der Waals surface area contributed by atoms with Gasteiger partial charge in [0.15, 0.2) is 0 Å². The number of hydrogen-bond donors (Lipinski definition) is 0. The molecule has 0 radical (unpaired) electrons. The van der Waals surface area contributed by atoms with Crippen LogP contribution in [0.25, 0.3) is 0 Å². The molecular weight excluding hydrogens is 291 g/mol. The average Bonchev–Trinajstić information content (AvgIpc) is 2.25. The molecular formula is C11H22BrO3P. The molecule has 0 spiro atoms. The molecule has 0 aliphatic rings. The van der Waals surface area contributed by atoms with Crippen molar-refractivity contribution in [1.29, 1.82) is 0 Å². The summed E-state index contributed by atoms with van der Waals surface area (Å²) >= 11 is 3.36. The third-order valence-electron chi connectivity index (χ3n) is 2.10. The van der Waals surface area contributed by atoms with E-state index >= 15 is 0 Å². The van der Waals surface area contributed by atoms with Gasteiger partial charge in [-0.05, 0) is 49.5 Å². The molecule has 0 aliphatic heterocycles. The zero-order chi connectivity index (χ0) is 12.6. The maximum absolute atomic E-state index is 12.4. The van der Waals surface area contributed by atoms with E-state index < -0.39 is 7.60 Å². The first-order chi connectivity index (χ1) is 7.51. The van der Waals surface area contributed by atoms with Crippen molar-refractivity contribution in [2.45, 2.75) is 47.0 Å². The van der Waals surface area contributed by atoms with Crippen LogP contribution in [0.3, 0.4) is 0 Å². The first kappa shape index (κ1) is 16.4. The second kappa shape index (κ2) is 8.46. The minimum Gasteiger partial charge on any atom is -0.305 e. The summed E-state index contributed by atoms with van der Waals surface area (Å²) in [7, 11) is -3.11. The topological polar surface area (TPSA) is 35.5 Å². The monoisotopic (exact) mass is 312 g/mol. The smallest absolute Gasteiger partial charge is 0.305 e. The molecule has 16 heavy (non-hydrogen) atoms. The predicted molar refractivity (Wildman–Crippen MR) is 72.0 cm³/mol. The molecule has 0 bridgehead atoms. The third kappa shape index (κ3) is 5.13. The Bertz CT molecular complexity index is 266. The molecule has 0 amide bonds. The van der Waals surface area contributed by atoms with Crippen LogP contribution < -0.4 is 0 Å². The van der Waals surface area contributed by atoms with Gasteiger partial charge >= 0.3 is 7.60 Å². The van der Waals surface area contributed by atoms with Crippen LogP contribution in [0.15, 0.2) is 9.80 Å². The fourth-order valence-corrected chi connectivity index (χ4v) is 3.64. The molecule has 0 unspecified atom stereocenters. The van der Waals surface area contributed by atoms with E-state index in [1.807, 2.05) is 20.8 Å². The highest BCUT2D eigenvalue weighted by Gasteiger charge is 2.29. The SMILES string of the molecule is CCCC/C(C)=C(/Br)P(=O)(OCC)OCC. The van der Waals surface area contributed by atoms with Crippen LogP contribution in [0.5, 0.6) is 0 Å². The fraction of sp³-hybridized carbons (Fsp3) is 0.818. The molecule has 0 heterocycles. The number of halogens is 1. The highest BCUT2D eigenvalue weighted by Crippen LogP contribution is 2.60. The van der Waals surface area contributed by atoms with Crippen molar-refractivity contribution >= 4 is 23.5 Å². The molecule has 0 atom stereocenters. The molecule has 3 nitrogen and oxygen atoms in total. The maximum Gasteiger partial charge on any atom is 0.368 e. The quantitative estimate of drug-likeness (QED) is 0.587. The zero-order valence-electron chi connectivity index (χ0n) is 10.6. The second-order valence-electron chi connectivity index (χ2n) is 3.51. The molecule has 0 aliphatic carbocycles. The van der Waals surface area contributed by atoms with Crippen molar-refractivity contribution in [3.05, 3.63) is 9.80 Å². The van der Waals surface area contributed by atoms with Gasteiger partial charge in [0.25, 0.3) is 0 Å². The Hall–Kier alpha value is 0.370. The minimum atomic E-state index is -3.11. The van der Waals surface area contributed by atoms with Gasteiger partial charge in [-0.15, -0.1) is 0 Å². The Balaban J connectivity index is 4.83. The van der Waals surface area contributed by atoms with Crippen molar-refractivity contribution < 1.29 is 13.6 Å². The Morgan fingerprint density at radius 1 is 1.19 bits per heavy atom. The number of unbranched alkanes of at least 4 members (excludes halogenated alkanes) is 1. The molecule has 0 saturated carbocycles. The molecule has 0 fully saturated rings. The summed E-state index contributed by atoms with van der Waals surface area (Å²) < 4.78 is 23.5. The second-order valence-corrected chi connectivity index (χ2v) is 6.87. The van der Waals surface area contributed by atoms with E-state index in [9.17, 15) is 4.57 Å².